The molecule has 1 saturated carbocycles. The molecule has 0 radical (unpaired) electrons. The van der Waals surface area contributed by atoms with Gasteiger partial charge in [0.05, 0.1) is 13.6 Å². The summed E-state index contributed by atoms with van der Waals surface area (Å²) >= 11 is 2.59. The molecular formula is C20H33IOSi. The molecule has 1 aromatic carbocycles. The highest BCUT2D eigenvalue weighted by Crippen LogP contribution is 2.37. The fraction of sp³-hybridized carbons (Fsp3) is 0.700. The summed E-state index contributed by atoms with van der Waals surface area (Å²) in [4.78, 5) is 0. The Morgan fingerprint density at radius 3 is 2.43 bits per heavy atom. The lowest BCUT2D eigenvalue weighted by atomic mass is 9.77. The molecule has 0 heterocycles. The lowest BCUT2D eigenvalue weighted by Crippen LogP contribution is -2.13. The molecule has 1 fully saturated rings. The van der Waals surface area contributed by atoms with Crippen molar-refractivity contribution in [3.05, 3.63) is 29.8 Å². The molecule has 0 spiro atoms. The van der Waals surface area contributed by atoms with Crippen molar-refractivity contribution in [3.63, 3.8) is 0 Å². The fourth-order valence-electron chi connectivity index (χ4n) is 3.77. The molecule has 1 aliphatic rings. The standard InChI is InChI=1S/C20H33IOSi/c1-2-6-17-7-9-18(10-8-17)19-11-13-20(14-12-19)22-15-4-3-5-16-23-21/h11-14,17-18H,2-10,15-16,23H2,1H3. The van der Waals surface area contributed by atoms with E-state index in [2.05, 4.69) is 53.0 Å². The molecule has 23 heavy (non-hydrogen) atoms. The Bertz CT molecular complexity index is 412. The van der Waals surface area contributed by atoms with E-state index in [4.69, 9.17) is 4.74 Å². The second-order valence-corrected chi connectivity index (χ2v) is 11.3. The van der Waals surface area contributed by atoms with Crippen molar-refractivity contribution in [2.75, 3.05) is 6.61 Å². The fourth-order valence-corrected chi connectivity index (χ4v) is 5.93. The predicted molar refractivity (Wildman–Crippen MR) is 113 cm³/mol. The van der Waals surface area contributed by atoms with Gasteiger partial charge in [-0.25, -0.2) is 0 Å². The normalized spacial score (nSPS) is 21.8. The van der Waals surface area contributed by atoms with Crippen LogP contribution in [0.2, 0.25) is 6.04 Å². The van der Waals surface area contributed by atoms with Crippen molar-refractivity contribution in [3.8, 4) is 5.75 Å². The van der Waals surface area contributed by atoms with Crippen molar-refractivity contribution >= 4 is 28.8 Å². The predicted octanol–water partition coefficient (Wildman–Crippen LogP) is 6.25. The van der Waals surface area contributed by atoms with Crippen LogP contribution < -0.4 is 4.74 Å². The van der Waals surface area contributed by atoms with Gasteiger partial charge in [-0.05, 0) is 61.6 Å². The molecule has 0 amide bonds. The maximum Gasteiger partial charge on any atom is 0.119 e. The first-order chi connectivity index (χ1) is 11.3. The molecule has 2 rings (SSSR count). The van der Waals surface area contributed by atoms with Gasteiger partial charge in [-0.3, -0.25) is 0 Å². The Kier molecular flexibility index (Phi) is 9.65. The third kappa shape index (κ3) is 7.16. The number of ether oxygens (including phenoxy) is 1. The summed E-state index contributed by atoms with van der Waals surface area (Å²) in [6, 6.07) is 10.5. The van der Waals surface area contributed by atoms with Crippen LogP contribution in [0.5, 0.6) is 5.75 Å². The lowest BCUT2D eigenvalue weighted by molar-refractivity contribution is 0.303. The Labute approximate surface area is 158 Å². The van der Waals surface area contributed by atoms with E-state index in [1.165, 1.54) is 69.4 Å². The average molecular weight is 444 g/mol. The first-order valence-corrected chi connectivity index (χ1v) is 15.7. The molecule has 0 unspecified atom stereocenters. The Balaban J connectivity index is 1.68. The summed E-state index contributed by atoms with van der Waals surface area (Å²) in [6.07, 6.45) is 12.3. The van der Waals surface area contributed by atoms with Gasteiger partial charge in [0.1, 0.15) is 5.75 Å². The van der Waals surface area contributed by atoms with E-state index in [1.54, 1.807) is 0 Å². The van der Waals surface area contributed by atoms with Crippen molar-refractivity contribution in [2.45, 2.75) is 76.7 Å². The zero-order valence-corrected chi connectivity index (χ0v) is 18.3. The number of unbranched alkanes of at least 4 members (excludes halogenated alkanes) is 2. The summed E-state index contributed by atoms with van der Waals surface area (Å²) < 4.78 is 5.89. The summed E-state index contributed by atoms with van der Waals surface area (Å²) in [5, 5.41) is 0. The van der Waals surface area contributed by atoms with Crippen molar-refractivity contribution in [2.24, 2.45) is 5.92 Å². The second-order valence-electron chi connectivity index (χ2n) is 7.03. The minimum Gasteiger partial charge on any atom is -0.494 e. The van der Waals surface area contributed by atoms with E-state index in [9.17, 15) is 0 Å². The maximum absolute atomic E-state index is 5.89. The largest absolute Gasteiger partial charge is 0.494 e. The van der Waals surface area contributed by atoms with Gasteiger partial charge in [0.25, 0.3) is 0 Å². The van der Waals surface area contributed by atoms with Gasteiger partial charge < -0.3 is 4.74 Å². The Morgan fingerprint density at radius 1 is 1.04 bits per heavy atom. The van der Waals surface area contributed by atoms with Crippen LogP contribution in [0.25, 0.3) is 0 Å². The third-order valence-corrected chi connectivity index (χ3v) is 8.25. The number of hydrogen-bond donors (Lipinski definition) is 0. The zero-order valence-electron chi connectivity index (χ0n) is 14.7. The summed E-state index contributed by atoms with van der Waals surface area (Å²) in [6.45, 7) is 3.19. The van der Waals surface area contributed by atoms with Gasteiger partial charge >= 0.3 is 0 Å². The van der Waals surface area contributed by atoms with Gasteiger partial charge in [-0.1, -0.05) is 50.8 Å². The quantitative estimate of drug-likeness (QED) is 0.180. The second kappa shape index (κ2) is 11.5. The summed E-state index contributed by atoms with van der Waals surface area (Å²) in [7, 11) is 0.237. The number of hydrogen-bond acceptors (Lipinski definition) is 1. The molecule has 0 N–H and O–H groups in total. The van der Waals surface area contributed by atoms with Gasteiger partial charge in [0.2, 0.25) is 0 Å². The van der Waals surface area contributed by atoms with E-state index in [0.717, 1.165) is 24.2 Å². The smallest absolute Gasteiger partial charge is 0.119 e. The average Bonchev–Trinajstić information content (AvgIpc) is 2.60. The highest BCUT2D eigenvalue weighted by Gasteiger charge is 2.21. The number of benzene rings is 1. The minimum absolute atomic E-state index is 0.237. The summed E-state index contributed by atoms with van der Waals surface area (Å²) in [5.74, 6) is 2.83. The van der Waals surface area contributed by atoms with Crippen molar-refractivity contribution in [1.29, 1.82) is 0 Å². The van der Waals surface area contributed by atoms with Crippen molar-refractivity contribution in [1.82, 2.24) is 0 Å². The highest BCUT2D eigenvalue weighted by atomic mass is 127. The first kappa shape index (κ1) is 19.3. The molecule has 1 aliphatic carbocycles. The molecule has 0 atom stereocenters. The van der Waals surface area contributed by atoms with Crippen molar-refractivity contribution < 1.29 is 4.74 Å². The molecule has 0 aromatic heterocycles. The zero-order chi connectivity index (χ0) is 16.3. The molecular weight excluding hydrogens is 411 g/mol. The topological polar surface area (TPSA) is 9.23 Å². The van der Waals surface area contributed by atoms with E-state index in [0.29, 0.717) is 0 Å². The Morgan fingerprint density at radius 2 is 1.78 bits per heavy atom. The van der Waals surface area contributed by atoms with Crippen LogP contribution in [0.15, 0.2) is 24.3 Å². The van der Waals surface area contributed by atoms with Crippen LogP contribution in [0, 0.1) is 5.92 Å². The van der Waals surface area contributed by atoms with Gasteiger partial charge in [0, 0.05) is 0 Å². The molecule has 130 valence electrons. The monoisotopic (exact) mass is 444 g/mol. The maximum atomic E-state index is 5.89. The minimum atomic E-state index is 0.237. The van der Waals surface area contributed by atoms with Crippen LogP contribution in [0.4, 0.5) is 0 Å². The third-order valence-electron chi connectivity index (χ3n) is 5.19. The molecule has 0 bridgehead atoms. The molecule has 1 nitrogen and oxygen atoms in total. The van der Waals surface area contributed by atoms with E-state index >= 15 is 0 Å². The molecule has 0 saturated heterocycles. The van der Waals surface area contributed by atoms with E-state index in [-0.39, 0.29) is 7.02 Å². The lowest BCUT2D eigenvalue weighted by Gasteiger charge is -2.28. The van der Waals surface area contributed by atoms with E-state index in [1.807, 2.05) is 0 Å². The summed E-state index contributed by atoms with van der Waals surface area (Å²) in [5.41, 5.74) is 1.53. The van der Waals surface area contributed by atoms with Gasteiger partial charge in [-0.2, -0.15) is 0 Å². The number of rotatable bonds is 10. The number of halogens is 1. The van der Waals surface area contributed by atoms with E-state index < -0.39 is 0 Å². The van der Waals surface area contributed by atoms with Crippen LogP contribution in [-0.4, -0.2) is 13.6 Å². The SMILES string of the molecule is CCCC1CCC(c2ccc(OCCCCC[SiH2]I)cc2)CC1. The molecule has 1 aromatic rings. The molecule has 0 aliphatic heterocycles. The van der Waals surface area contributed by atoms with Gasteiger partial charge in [-0.15, -0.1) is 21.8 Å². The highest BCUT2D eigenvalue weighted by molar-refractivity contribution is 14.1. The van der Waals surface area contributed by atoms with Crippen LogP contribution in [0.1, 0.15) is 76.2 Å². The Hall–Kier alpha value is -0.0331. The molecule has 3 heteroatoms. The van der Waals surface area contributed by atoms with Crippen LogP contribution in [-0.2, 0) is 0 Å². The van der Waals surface area contributed by atoms with Crippen LogP contribution >= 0.6 is 21.8 Å². The van der Waals surface area contributed by atoms with Crippen LogP contribution in [0.3, 0.4) is 0 Å². The first-order valence-electron chi connectivity index (χ1n) is 9.62. The van der Waals surface area contributed by atoms with Gasteiger partial charge in [0.15, 0.2) is 0 Å².